The summed E-state index contributed by atoms with van der Waals surface area (Å²) < 4.78 is 28.8. The van der Waals surface area contributed by atoms with Gasteiger partial charge >= 0.3 is 0 Å². The third-order valence-electron chi connectivity index (χ3n) is 2.94. The van der Waals surface area contributed by atoms with Crippen molar-refractivity contribution in [1.82, 2.24) is 5.16 Å². The van der Waals surface area contributed by atoms with Crippen LogP contribution in [-0.2, 0) is 9.84 Å². The molecule has 0 fully saturated rings. The van der Waals surface area contributed by atoms with Crippen LogP contribution in [0.25, 0.3) is 0 Å². The zero-order valence-electron chi connectivity index (χ0n) is 12.0. The van der Waals surface area contributed by atoms with Gasteiger partial charge in [-0.05, 0) is 45.0 Å². The monoisotopic (exact) mass is 308 g/mol. The number of amides is 1. The Morgan fingerprint density at radius 3 is 2.33 bits per heavy atom. The highest BCUT2D eigenvalue weighted by Gasteiger charge is 2.19. The number of aromatic nitrogens is 1. The van der Waals surface area contributed by atoms with Gasteiger partial charge in [0.2, 0.25) is 0 Å². The Morgan fingerprint density at radius 1 is 1.24 bits per heavy atom. The molecular formula is C14H16N2O4S. The summed E-state index contributed by atoms with van der Waals surface area (Å²) in [6, 6.07) is 7.39. The van der Waals surface area contributed by atoms with Gasteiger partial charge in [0.1, 0.15) is 5.76 Å². The fourth-order valence-corrected chi connectivity index (χ4v) is 2.74. The summed E-state index contributed by atoms with van der Waals surface area (Å²) in [5.41, 5.74) is 0.346. The number of carbonyl (C=O) groups is 1. The second kappa shape index (κ2) is 5.69. The van der Waals surface area contributed by atoms with Crippen LogP contribution in [0.5, 0.6) is 0 Å². The van der Waals surface area contributed by atoms with E-state index in [1.54, 1.807) is 26.8 Å². The molecule has 2 aromatic rings. The maximum absolute atomic E-state index is 12.0. The fraction of sp³-hybridized carbons (Fsp3) is 0.286. The van der Waals surface area contributed by atoms with Gasteiger partial charge < -0.3 is 9.84 Å². The molecule has 7 heteroatoms. The molecule has 112 valence electrons. The highest BCUT2D eigenvalue weighted by atomic mass is 32.2. The first-order chi connectivity index (χ1) is 9.80. The molecule has 0 aliphatic heterocycles. The summed E-state index contributed by atoms with van der Waals surface area (Å²) in [5.74, 6) is 0.525. The number of sulfone groups is 1. The standard InChI is InChI=1S/C14H16N2O4S/c1-9(2)21(18,19)12-6-4-11(5-7-12)14(17)15-13-8-10(3)20-16-13/h4-9H,1-3H3,(H,15,16,17). The topological polar surface area (TPSA) is 89.3 Å². The second-order valence-corrected chi connectivity index (χ2v) is 7.40. The summed E-state index contributed by atoms with van der Waals surface area (Å²) in [7, 11) is -3.33. The molecule has 0 radical (unpaired) electrons. The second-order valence-electron chi connectivity index (χ2n) is 4.90. The molecule has 0 bridgehead atoms. The van der Waals surface area contributed by atoms with Crippen LogP contribution in [0.3, 0.4) is 0 Å². The molecule has 2 rings (SSSR count). The summed E-state index contributed by atoms with van der Waals surface area (Å²) >= 11 is 0. The molecule has 6 nitrogen and oxygen atoms in total. The number of aryl methyl sites for hydroxylation is 1. The van der Waals surface area contributed by atoms with Crippen molar-refractivity contribution in [2.24, 2.45) is 0 Å². The Hall–Kier alpha value is -2.15. The SMILES string of the molecule is Cc1cc(NC(=O)c2ccc(S(=O)(=O)C(C)C)cc2)no1. The van der Waals surface area contributed by atoms with Crippen molar-refractivity contribution in [3.05, 3.63) is 41.7 Å². The summed E-state index contributed by atoms with van der Waals surface area (Å²) in [6.45, 7) is 4.94. The van der Waals surface area contributed by atoms with Gasteiger partial charge in [0.05, 0.1) is 10.1 Å². The average Bonchev–Trinajstić information content (AvgIpc) is 2.84. The van der Waals surface area contributed by atoms with Crippen LogP contribution in [0.15, 0.2) is 39.8 Å². The predicted octanol–water partition coefficient (Wildman–Crippen LogP) is 2.42. The molecular weight excluding hydrogens is 292 g/mol. The van der Waals surface area contributed by atoms with Gasteiger partial charge in [-0.3, -0.25) is 4.79 Å². The van der Waals surface area contributed by atoms with Crippen LogP contribution in [0.4, 0.5) is 5.82 Å². The van der Waals surface area contributed by atoms with Gasteiger partial charge in [0, 0.05) is 11.6 Å². The first-order valence-electron chi connectivity index (χ1n) is 6.39. The molecule has 0 aliphatic carbocycles. The maximum Gasteiger partial charge on any atom is 0.256 e. The van der Waals surface area contributed by atoms with E-state index < -0.39 is 15.1 Å². The lowest BCUT2D eigenvalue weighted by atomic mass is 10.2. The quantitative estimate of drug-likeness (QED) is 0.937. The average molecular weight is 308 g/mol. The van der Waals surface area contributed by atoms with Gasteiger partial charge in [0.25, 0.3) is 5.91 Å². The number of hydrogen-bond donors (Lipinski definition) is 1. The lowest BCUT2D eigenvalue weighted by Crippen LogP contribution is -2.15. The zero-order valence-corrected chi connectivity index (χ0v) is 12.8. The summed E-state index contributed by atoms with van der Waals surface area (Å²) in [6.07, 6.45) is 0. The number of nitrogens with zero attached hydrogens (tertiary/aromatic N) is 1. The molecule has 21 heavy (non-hydrogen) atoms. The van der Waals surface area contributed by atoms with Gasteiger partial charge in [-0.15, -0.1) is 0 Å². The molecule has 1 aromatic carbocycles. The lowest BCUT2D eigenvalue weighted by Gasteiger charge is -2.08. The smallest absolute Gasteiger partial charge is 0.256 e. The van der Waals surface area contributed by atoms with E-state index in [1.165, 1.54) is 24.3 Å². The number of benzene rings is 1. The minimum atomic E-state index is -3.33. The van der Waals surface area contributed by atoms with E-state index in [-0.39, 0.29) is 10.8 Å². The van der Waals surface area contributed by atoms with E-state index in [0.717, 1.165) is 0 Å². The van der Waals surface area contributed by atoms with E-state index in [0.29, 0.717) is 17.1 Å². The molecule has 0 aliphatic rings. The largest absolute Gasteiger partial charge is 0.360 e. The van der Waals surface area contributed by atoms with Crippen molar-refractivity contribution in [2.45, 2.75) is 30.9 Å². The van der Waals surface area contributed by atoms with Crippen LogP contribution < -0.4 is 5.32 Å². The van der Waals surface area contributed by atoms with Crippen molar-refractivity contribution in [1.29, 1.82) is 0 Å². The fourth-order valence-electron chi connectivity index (χ4n) is 1.68. The summed E-state index contributed by atoms with van der Waals surface area (Å²) in [4.78, 5) is 12.2. The van der Waals surface area contributed by atoms with Crippen molar-refractivity contribution in [2.75, 3.05) is 5.32 Å². The van der Waals surface area contributed by atoms with Gasteiger partial charge in [-0.2, -0.15) is 0 Å². The Labute approximate surface area is 123 Å². The van der Waals surface area contributed by atoms with Crippen LogP contribution in [0.2, 0.25) is 0 Å². The van der Waals surface area contributed by atoms with Gasteiger partial charge in [-0.25, -0.2) is 8.42 Å². The van der Waals surface area contributed by atoms with E-state index in [4.69, 9.17) is 4.52 Å². The molecule has 1 aromatic heterocycles. The van der Waals surface area contributed by atoms with Crippen molar-refractivity contribution < 1.29 is 17.7 Å². The molecule has 1 N–H and O–H groups in total. The highest BCUT2D eigenvalue weighted by Crippen LogP contribution is 2.17. The van der Waals surface area contributed by atoms with Crippen LogP contribution >= 0.6 is 0 Å². The van der Waals surface area contributed by atoms with Gasteiger partial charge in [0.15, 0.2) is 15.7 Å². The molecule has 0 unspecified atom stereocenters. The Morgan fingerprint density at radius 2 is 1.86 bits per heavy atom. The normalized spacial score (nSPS) is 11.6. The minimum Gasteiger partial charge on any atom is -0.360 e. The van der Waals surface area contributed by atoms with Crippen molar-refractivity contribution >= 4 is 21.6 Å². The van der Waals surface area contributed by atoms with Crippen LogP contribution in [-0.4, -0.2) is 24.7 Å². The number of rotatable bonds is 4. The number of carbonyl (C=O) groups excluding carboxylic acids is 1. The van der Waals surface area contributed by atoms with Crippen molar-refractivity contribution in [3.8, 4) is 0 Å². The third kappa shape index (κ3) is 3.30. The first kappa shape index (κ1) is 15.2. The maximum atomic E-state index is 12.0. The predicted molar refractivity (Wildman–Crippen MR) is 78.0 cm³/mol. The number of anilines is 1. The third-order valence-corrected chi connectivity index (χ3v) is 5.11. The Balaban J connectivity index is 2.17. The molecule has 1 amide bonds. The van der Waals surface area contributed by atoms with Crippen LogP contribution in [0, 0.1) is 6.92 Å². The first-order valence-corrected chi connectivity index (χ1v) is 7.94. The van der Waals surface area contributed by atoms with E-state index >= 15 is 0 Å². The lowest BCUT2D eigenvalue weighted by molar-refractivity contribution is 0.102. The molecule has 1 heterocycles. The summed E-state index contributed by atoms with van der Waals surface area (Å²) in [5, 5.41) is 5.72. The van der Waals surface area contributed by atoms with Crippen LogP contribution in [0.1, 0.15) is 30.0 Å². The van der Waals surface area contributed by atoms with E-state index in [1.807, 2.05) is 0 Å². The van der Waals surface area contributed by atoms with E-state index in [2.05, 4.69) is 10.5 Å². The number of nitrogens with one attached hydrogen (secondary N) is 1. The molecule has 0 saturated heterocycles. The van der Waals surface area contributed by atoms with E-state index in [9.17, 15) is 13.2 Å². The minimum absolute atomic E-state index is 0.200. The Bertz CT molecular complexity index is 746. The zero-order chi connectivity index (χ0) is 15.6. The molecule has 0 spiro atoms. The number of hydrogen-bond acceptors (Lipinski definition) is 5. The highest BCUT2D eigenvalue weighted by molar-refractivity contribution is 7.92. The molecule has 0 saturated carbocycles. The van der Waals surface area contributed by atoms with Gasteiger partial charge in [-0.1, -0.05) is 5.16 Å². The van der Waals surface area contributed by atoms with Crippen molar-refractivity contribution in [3.63, 3.8) is 0 Å². The Kier molecular flexibility index (Phi) is 4.13. The molecule has 0 atom stereocenters.